The first-order valence-corrected chi connectivity index (χ1v) is 14.3. The van der Waals surface area contributed by atoms with Gasteiger partial charge in [0.1, 0.15) is 7.22 Å². The second-order valence-electron chi connectivity index (χ2n) is 6.73. The third-order valence-corrected chi connectivity index (χ3v) is 17.0. The topological polar surface area (TPSA) is 18.5 Å². The van der Waals surface area contributed by atoms with Gasteiger partial charge in [-0.2, -0.15) is 11.2 Å². The molecule has 5 heteroatoms. The number of rotatable bonds is 9. The van der Waals surface area contributed by atoms with Crippen molar-refractivity contribution in [1.29, 1.82) is 0 Å². The van der Waals surface area contributed by atoms with Gasteiger partial charge in [0.05, 0.1) is 5.94 Å². The molecule has 0 saturated carbocycles. The molecule has 1 unspecified atom stereocenters. The van der Waals surface area contributed by atoms with E-state index in [1.807, 2.05) is 7.11 Å². The van der Waals surface area contributed by atoms with Crippen molar-refractivity contribution in [2.75, 3.05) is 13.0 Å². The van der Waals surface area contributed by atoms with E-state index in [0.29, 0.717) is 0 Å². The van der Waals surface area contributed by atoms with Gasteiger partial charge in [-0.25, -0.2) is 0 Å². The lowest BCUT2D eigenvalue weighted by molar-refractivity contribution is 0.224. The van der Waals surface area contributed by atoms with E-state index in [1.54, 1.807) is 0 Å². The van der Waals surface area contributed by atoms with E-state index in [0.717, 1.165) is 12.0 Å². The molecule has 0 aromatic carbocycles. The van der Waals surface area contributed by atoms with Crippen molar-refractivity contribution in [2.45, 2.75) is 72.3 Å². The zero-order chi connectivity index (χ0) is 15.2. The van der Waals surface area contributed by atoms with Crippen LogP contribution in [0.4, 0.5) is 0 Å². The Morgan fingerprint density at radius 1 is 1.00 bits per heavy atom. The zero-order valence-electron chi connectivity index (χ0n) is 14.3. The Labute approximate surface area is 126 Å². The first-order valence-electron chi connectivity index (χ1n) is 7.49. The molecule has 0 radical (unpaired) electrons. The van der Waals surface area contributed by atoms with E-state index in [9.17, 15) is 0 Å². The van der Waals surface area contributed by atoms with Gasteiger partial charge >= 0.3 is 8.56 Å². The molecule has 1 atom stereocenters. The highest BCUT2D eigenvalue weighted by Crippen LogP contribution is 2.35. The molecule has 116 valence electrons. The standard InChI is InChI=1S/C14H34O2SSi2/c1-9-19(10-2,11-3)17-13-16-18(8,15-7)12-14(4,5)6/h9-13H2,1-8H3. The Kier molecular flexibility index (Phi) is 8.53. The van der Waals surface area contributed by atoms with E-state index in [4.69, 9.17) is 8.85 Å². The van der Waals surface area contributed by atoms with Crippen LogP contribution in [-0.4, -0.2) is 28.8 Å². The lowest BCUT2D eigenvalue weighted by Gasteiger charge is -2.33. The van der Waals surface area contributed by atoms with Crippen LogP contribution in [0.1, 0.15) is 41.5 Å². The largest absolute Gasteiger partial charge is 0.398 e. The van der Waals surface area contributed by atoms with Gasteiger partial charge in [0, 0.05) is 7.11 Å². The van der Waals surface area contributed by atoms with E-state index in [-0.39, 0.29) is 5.41 Å². The summed E-state index contributed by atoms with van der Waals surface area (Å²) in [6.45, 7) is 16.0. The predicted molar refractivity (Wildman–Crippen MR) is 93.6 cm³/mol. The molecular weight excluding hydrogens is 288 g/mol. The van der Waals surface area contributed by atoms with Gasteiger partial charge in [-0.05, 0) is 18.0 Å². The molecule has 0 bridgehead atoms. The third-order valence-electron chi connectivity index (χ3n) is 3.95. The van der Waals surface area contributed by atoms with Crippen molar-refractivity contribution in [1.82, 2.24) is 0 Å². The molecule has 2 nitrogen and oxygen atoms in total. The normalized spacial score (nSPS) is 16.4. The summed E-state index contributed by atoms with van der Waals surface area (Å²) < 4.78 is 12.0. The van der Waals surface area contributed by atoms with E-state index in [1.165, 1.54) is 18.1 Å². The fraction of sp³-hybridized carbons (Fsp3) is 1.00. The molecule has 0 saturated heterocycles. The second kappa shape index (κ2) is 8.22. The van der Waals surface area contributed by atoms with Crippen LogP contribution in [0.3, 0.4) is 0 Å². The van der Waals surface area contributed by atoms with Crippen LogP contribution >= 0.6 is 11.2 Å². The van der Waals surface area contributed by atoms with Crippen molar-refractivity contribution >= 4 is 27.0 Å². The van der Waals surface area contributed by atoms with Gasteiger partial charge < -0.3 is 8.85 Å². The number of hydrogen-bond donors (Lipinski definition) is 0. The van der Waals surface area contributed by atoms with Crippen molar-refractivity contribution in [3.8, 4) is 0 Å². The average Bonchev–Trinajstić information content (AvgIpc) is 2.33. The summed E-state index contributed by atoms with van der Waals surface area (Å²) in [5, 5.41) is 0. The third kappa shape index (κ3) is 7.32. The van der Waals surface area contributed by atoms with Crippen LogP contribution in [-0.2, 0) is 8.85 Å². The fourth-order valence-corrected chi connectivity index (χ4v) is 11.5. The van der Waals surface area contributed by atoms with Crippen LogP contribution in [0.2, 0.25) is 30.7 Å². The van der Waals surface area contributed by atoms with E-state index >= 15 is 0 Å². The van der Waals surface area contributed by atoms with Crippen LogP contribution in [0, 0.1) is 5.41 Å². The molecule has 0 N–H and O–H groups in total. The molecule has 0 aliphatic rings. The Morgan fingerprint density at radius 2 is 1.47 bits per heavy atom. The van der Waals surface area contributed by atoms with E-state index < -0.39 is 15.8 Å². The molecule has 0 rings (SSSR count). The average molecular weight is 323 g/mol. The minimum atomic E-state index is -2.00. The zero-order valence-corrected chi connectivity index (χ0v) is 17.1. The Hall–Kier alpha value is 0.704. The minimum Gasteiger partial charge on any atom is -0.398 e. The van der Waals surface area contributed by atoms with Gasteiger partial charge in [0.25, 0.3) is 0 Å². The molecule has 0 fully saturated rings. The maximum absolute atomic E-state index is 6.23. The lowest BCUT2D eigenvalue weighted by Crippen LogP contribution is -2.41. The molecule has 0 heterocycles. The van der Waals surface area contributed by atoms with Crippen molar-refractivity contribution < 1.29 is 8.85 Å². The first kappa shape index (κ1) is 19.7. The molecular formula is C14H34O2SSi2. The second-order valence-corrected chi connectivity index (χ2v) is 18.5. The molecule has 0 amide bonds. The summed E-state index contributed by atoms with van der Waals surface area (Å²) in [4.78, 5) is 0. The Morgan fingerprint density at radius 3 is 1.79 bits per heavy atom. The molecule has 0 aliphatic heterocycles. The molecule has 19 heavy (non-hydrogen) atoms. The summed E-state index contributed by atoms with van der Waals surface area (Å²) >= 11 is 2.11. The highest BCUT2D eigenvalue weighted by Gasteiger charge is 2.36. The quantitative estimate of drug-likeness (QED) is 0.414. The fourth-order valence-electron chi connectivity index (χ4n) is 2.48. The first-order chi connectivity index (χ1) is 8.66. The van der Waals surface area contributed by atoms with Gasteiger partial charge in [0.15, 0.2) is 0 Å². The minimum absolute atomic E-state index is 0.274. The maximum Gasteiger partial charge on any atom is 0.335 e. The van der Waals surface area contributed by atoms with Gasteiger partial charge in [-0.15, -0.1) is 0 Å². The molecule has 0 aromatic rings. The van der Waals surface area contributed by atoms with E-state index in [2.05, 4.69) is 59.3 Å². The van der Waals surface area contributed by atoms with Crippen molar-refractivity contribution in [2.24, 2.45) is 5.41 Å². The summed E-state index contributed by atoms with van der Waals surface area (Å²) in [6.07, 6.45) is 0. The summed E-state index contributed by atoms with van der Waals surface area (Å²) in [7, 11) is -1.31. The van der Waals surface area contributed by atoms with Crippen LogP contribution < -0.4 is 0 Å². The van der Waals surface area contributed by atoms with Gasteiger partial charge in [0.2, 0.25) is 0 Å². The predicted octanol–water partition coefficient (Wildman–Crippen LogP) is 5.46. The van der Waals surface area contributed by atoms with Gasteiger partial charge in [-0.1, -0.05) is 59.7 Å². The Bertz CT molecular complexity index is 244. The van der Waals surface area contributed by atoms with Gasteiger partial charge in [-0.3, -0.25) is 0 Å². The highest BCUT2D eigenvalue weighted by atomic mass is 32.4. The number of hydrogen-bond acceptors (Lipinski definition) is 3. The van der Waals surface area contributed by atoms with Crippen LogP contribution in [0.5, 0.6) is 0 Å². The smallest absolute Gasteiger partial charge is 0.335 e. The Balaban J connectivity index is 4.43. The summed E-state index contributed by atoms with van der Waals surface area (Å²) in [5.74, 6) is 0.828. The molecule has 0 aromatic heterocycles. The van der Waals surface area contributed by atoms with Crippen LogP contribution in [0.15, 0.2) is 0 Å². The summed E-state index contributed by atoms with van der Waals surface area (Å²) in [5.41, 5.74) is 0.274. The summed E-state index contributed by atoms with van der Waals surface area (Å²) in [6, 6.07) is 5.09. The van der Waals surface area contributed by atoms with Crippen molar-refractivity contribution in [3.63, 3.8) is 0 Å². The highest BCUT2D eigenvalue weighted by molar-refractivity contribution is 8.28. The lowest BCUT2D eigenvalue weighted by atomic mass is 10.0. The molecule has 0 aliphatic carbocycles. The van der Waals surface area contributed by atoms with Crippen molar-refractivity contribution in [3.05, 3.63) is 0 Å². The monoisotopic (exact) mass is 322 g/mol. The SMILES string of the molecule is CC[Si](CC)(CC)SCO[Si](C)(CC(C)(C)C)OC. The maximum atomic E-state index is 6.23. The molecule has 0 spiro atoms. The van der Waals surface area contributed by atoms with Crippen LogP contribution in [0.25, 0.3) is 0 Å².